The Morgan fingerprint density at radius 3 is 1.55 bits per heavy atom. The second-order valence-electron chi connectivity index (χ2n) is 7.32. The lowest BCUT2D eigenvalue weighted by Crippen LogP contribution is -2.08. The molecule has 2 aromatic rings. The summed E-state index contributed by atoms with van der Waals surface area (Å²) in [5.74, 6) is -0.444. The van der Waals surface area contributed by atoms with Crippen LogP contribution in [0.25, 0.3) is 0 Å². The average Bonchev–Trinajstić information content (AvgIpc) is 2.96. The first-order valence-corrected chi connectivity index (χ1v) is 15.4. The predicted octanol–water partition coefficient (Wildman–Crippen LogP) is 6.17. The van der Waals surface area contributed by atoms with E-state index in [0.717, 1.165) is 26.9 Å². The molecular weight excluding hydrogens is 798 g/mol. The number of hydrogen-bond acceptors (Lipinski definition) is 11. The summed E-state index contributed by atoms with van der Waals surface area (Å²) in [6, 6.07) is 15.7. The molecule has 44 heavy (non-hydrogen) atoms. The fraction of sp³-hybridized carbons (Fsp3) is 0.355. The van der Waals surface area contributed by atoms with E-state index < -0.39 is 0 Å². The Morgan fingerprint density at radius 2 is 1.23 bits per heavy atom. The highest BCUT2D eigenvalue weighted by Crippen LogP contribution is 2.13. The van der Waals surface area contributed by atoms with Gasteiger partial charge in [0, 0.05) is 36.9 Å². The van der Waals surface area contributed by atoms with Crippen molar-refractivity contribution in [3.05, 3.63) is 79.1 Å². The van der Waals surface area contributed by atoms with Crippen LogP contribution in [0.15, 0.2) is 72.0 Å². The number of allylic oxidation sites excluding steroid dienone is 1. The van der Waals surface area contributed by atoms with E-state index in [1.807, 2.05) is 69.3 Å². The Bertz CT molecular complexity index is 1140. The lowest BCUT2D eigenvalue weighted by atomic mass is 10.2. The summed E-state index contributed by atoms with van der Waals surface area (Å²) in [6.07, 6.45) is 5.40. The van der Waals surface area contributed by atoms with E-state index >= 15 is 0 Å². The number of carbonyl (C=O) groups excluding carboxylic acids is 6. The van der Waals surface area contributed by atoms with Gasteiger partial charge < -0.3 is 25.6 Å². The molecule has 0 spiro atoms. The topological polar surface area (TPSA) is 179 Å². The number of nitrogens with two attached hydrogens (primary N) is 1. The third-order valence-electron chi connectivity index (χ3n) is 4.27. The monoisotopic (exact) mass is 840 g/mol. The third kappa shape index (κ3) is 31.6. The van der Waals surface area contributed by atoms with Crippen molar-refractivity contribution < 1.29 is 43.3 Å². The van der Waals surface area contributed by atoms with Gasteiger partial charge in [-0.15, -0.1) is 0 Å². The van der Waals surface area contributed by atoms with Crippen LogP contribution < -0.4 is 11.1 Å². The maximum atomic E-state index is 11.5. The zero-order chi connectivity index (χ0) is 34.8. The summed E-state index contributed by atoms with van der Waals surface area (Å²) >= 11 is 4.47. The molecule has 0 bridgehead atoms. The first-order chi connectivity index (χ1) is 21.0. The van der Waals surface area contributed by atoms with Crippen LogP contribution in [0.3, 0.4) is 0 Å². The number of aliphatic hydroxyl groups is 1. The number of rotatable bonds is 8. The zero-order valence-corrected chi connectivity index (χ0v) is 30.2. The number of carbonyl (C=O) groups is 2. The Balaban J connectivity index is -0.000000253. The zero-order valence-electron chi connectivity index (χ0n) is 25.9. The highest BCUT2D eigenvalue weighted by Gasteiger charge is 2.07. The maximum Gasteiger partial charge on any atom is 0.373 e. The fourth-order valence-electron chi connectivity index (χ4n) is 2.47. The number of hydrogen-bond donors (Lipinski definition) is 3. The molecule has 4 N–H and O–H groups in total. The van der Waals surface area contributed by atoms with E-state index in [9.17, 15) is 9.59 Å². The second-order valence-corrected chi connectivity index (χ2v) is 9.82. The van der Waals surface area contributed by atoms with Crippen LogP contribution in [0, 0.1) is 7.14 Å². The van der Waals surface area contributed by atoms with Gasteiger partial charge in [-0.1, -0.05) is 32.1 Å². The number of anilines is 2. The van der Waals surface area contributed by atoms with E-state index in [4.69, 9.17) is 39.5 Å². The largest absolute Gasteiger partial charge is 0.463 e. The van der Waals surface area contributed by atoms with Crippen LogP contribution in [-0.2, 0) is 38.2 Å². The van der Waals surface area contributed by atoms with Gasteiger partial charge in [0.25, 0.3) is 0 Å². The van der Waals surface area contributed by atoms with Gasteiger partial charge in [0.15, 0.2) is 0 Å². The summed E-state index contributed by atoms with van der Waals surface area (Å²) in [6.45, 7) is 12.1. The van der Waals surface area contributed by atoms with E-state index in [-0.39, 0.29) is 30.8 Å². The standard InChI is InChI=1S/C13H16INO2.C8H14O2.C6H6IN.C2H6O.2CO2/c1-3-10(13(16)17-4-2)9-15-12-7-5-6-11(14)8-12;1-4-7(5-2)8(9)10-6-3;7-5-2-1-3-6(8)4-5;1-2-3;2*2-1-3/h5-9,15H,3-4H2,1-2H3;4H,5-6H2,1-3H3;1-4H,8H2;3H,2H2,1H3;;/b10-9+;7-4+;;;;. The first-order valence-electron chi connectivity index (χ1n) is 13.3. The van der Waals surface area contributed by atoms with Crippen molar-refractivity contribution in [1.82, 2.24) is 0 Å². The smallest absolute Gasteiger partial charge is 0.373 e. The van der Waals surface area contributed by atoms with Crippen molar-refractivity contribution in [1.29, 1.82) is 0 Å². The van der Waals surface area contributed by atoms with Crippen LogP contribution in [0.4, 0.5) is 11.4 Å². The lowest BCUT2D eigenvalue weighted by molar-refractivity contribution is -0.193. The minimum atomic E-state index is -0.256. The molecule has 0 saturated heterocycles. The van der Waals surface area contributed by atoms with Crippen LogP contribution in [0.1, 0.15) is 54.4 Å². The molecule has 0 unspecified atom stereocenters. The molecule has 0 atom stereocenters. The SMILES string of the molecule is C/C=C(\CC)C(=O)OCC.CCO.CCOC(=O)/C(=C/Nc1cccc(I)c1)CC.Nc1cccc(I)c1.O=C=O.O=C=O. The highest BCUT2D eigenvalue weighted by atomic mass is 127. The molecule has 0 saturated carbocycles. The van der Waals surface area contributed by atoms with Crippen molar-refractivity contribution in [2.45, 2.75) is 54.4 Å². The second kappa shape index (κ2) is 35.8. The molecule has 0 aliphatic heterocycles. The van der Waals surface area contributed by atoms with E-state index in [1.165, 1.54) is 3.57 Å². The van der Waals surface area contributed by atoms with E-state index in [0.29, 0.717) is 25.2 Å². The van der Waals surface area contributed by atoms with Gasteiger partial charge in [-0.2, -0.15) is 19.2 Å². The van der Waals surface area contributed by atoms with Gasteiger partial charge in [0.05, 0.1) is 18.8 Å². The Hall–Kier alpha value is -3.36. The average molecular weight is 840 g/mol. The number of nitrogens with one attached hydrogen (secondary N) is 1. The van der Waals surface area contributed by atoms with Crippen molar-refractivity contribution in [2.24, 2.45) is 0 Å². The summed E-state index contributed by atoms with van der Waals surface area (Å²) in [5.41, 5.74) is 8.65. The molecule has 2 aromatic carbocycles. The predicted molar refractivity (Wildman–Crippen MR) is 185 cm³/mol. The molecule has 244 valence electrons. The molecule has 0 aliphatic carbocycles. The molecule has 13 heteroatoms. The third-order valence-corrected chi connectivity index (χ3v) is 5.61. The summed E-state index contributed by atoms with van der Waals surface area (Å²) in [5, 5.41) is 10.7. The van der Waals surface area contributed by atoms with Crippen LogP contribution in [0.5, 0.6) is 0 Å². The van der Waals surface area contributed by atoms with Gasteiger partial charge in [0.1, 0.15) is 0 Å². The molecule has 0 heterocycles. The van der Waals surface area contributed by atoms with Crippen molar-refractivity contribution in [2.75, 3.05) is 30.9 Å². The fourth-order valence-corrected chi connectivity index (χ4v) is 3.58. The van der Waals surface area contributed by atoms with Crippen molar-refractivity contribution >= 4 is 80.8 Å². The molecule has 0 fully saturated rings. The number of ether oxygens (including phenoxy) is 2. The number of aliphatic hydroxyl groups excluding tert-OH is 1. The van der Waals surface area contributed by atoms with Gasteiger partial charge in [-0.05, 0) is 122 Å². The molecule has 0 aromatic heterocycles. The number of esters is 2. The molecule has 0 aliphatic rings. The molecule has 0 amide bonds. The van der Waals surface area contributed by atoms with Gasteiger partial charge in [-0.25, -0.2) is 9.59 Å². The van der Waals surface area contributed by atoms with Crippen LogP contribution in [0.2, 0.25) is 0 Å². The minimum Gasteiger partial charge on any atom is -0.463 e. The quantitative estimate of drug-likeness (QED) is 0.120. The maximum absolute atomic E-state index is 11.5. The molecule has 0 radical (unpaired) electrons. The van der Waals surface area contributed by atoms with Crippen LogP contribution in [-0.4, -0.2) is 49.2 Å². The Labute approximate surface area is 286 Å². The summed E-state index contributed by atoms with van der Waals surface area (Å²) in [4.78, 5) is 54.9. The summed E-state index contributed by atoms with van der Waals surface area (Å²) < 4.78 is 12.1. The van der Waals surface area contributed by atoms with Gasteiger partial charge >= 0.3 is 24.2 Å². The van der Waals surface area contributed by atoms with Crippen molar-refractivity contribution in [3.63, 3.8) is 0 Å². The Kier molecular flexibility index (Phi) is 38.7. The minimum absolute atomic E-state index is 0.187. The van der Waals surface area contributed by atoms with Crippen LogP contribution >= 0.6 is 45.2 Å². The molecule has 2 rings (SSSR count). The highest BCUT2D eigenvalue weighted by molar-refractivity contribution is 14.1. The van der Waals surface area contributed by atoms with Gasteiger partial charge in [0.2, 0.25) is 0 Å². The molecule has 11 nitrogen and oxygen atoms in total. The normalized spacial score (nSPS) is 9.30. The van der Waals surface area contributed by atoms with Gasteiger partial charge in [-0.3, -0.25) is 0 Å². The number of nitrogen functional groups attached to an aromatic ring is 1. The van der Waals surface area contributed by atoms with E-state index in [1.54, 1.807) is 33.0 Å². The number of halogens is 2. The molecular formula is C31H42I2N2O9. The number of benzene rings is 2. The van der Waals surface area contributed by atoms with Crippen molar-refractivity contribution in [3.8, 4) is 0 Å². The first kappa shape index (κ1) is 47.6. The summed E-state index contributed by atoms with van der Waals surface area (Å²) in [7, 11) is 0. The Morgan fingerprint density at radius 1 is 0.818 bits per heavy atom. The van der Waals surface area contributed by atoms with E-state index in [2.05, 4.69) is 50.5 Å². The lowest BCUT2D eigenvalue weighted by Gasteiger charge is -2.06.